The predicted octanol–water partition coefficient (Wildman–Crippen LogP) is 3.64. The van der Waals surface area contributed by atoms with Crippen molar-refractivity contribution in [3.05, 3.63) is 0 Å². The van der Waals surface area contributed by atoms with Gasteiger partial charge in [-0.3, -0.25) is 0 Å². The lowest BCUT2D eigenvalue weighted by Gasteiger charge is -2.29. The lowest BCUT2D eigenvalue weighted by atomic mass is 9.74. The number of nitrogens with zero attached hydrogens (tertiary/aromatic N) is 1. The number of fused-ring (bicyclic) bond motifs is 2. The summed E-state index contributed by atoms with van der Waals surface area (Å²) in [6.07, 6.45) is 3.95. The monoisotopic (exact) mass is 278 g/mol. The number of hydrogen-bond acceptors (Lipinski definition) is 2. The fraction of sp³-hybridized carbons (Fsp3) is 0.933. The lowest BCUT2D eigenvalue weighted by molar-refractivity contribution is 0.165. The van der Waals surface area contributed by atoms with Crippen molar-refractivity contribution < 1.29 is 4.74 Å². The van der Waals surface area contributed by atoms with Gasteiger partial charge in [0.2, 0.25) is 0 Å². The standard InChI is InChI=1S/C15H25BNOS/c1-9(2)15-7-6-11-12(8-14(15,5)16-15)18-13(19)17(11)10(3)4/h9-12H,6-8H2,1-5H3. The highest BCUT2D eigenvalue weighted by atomic mass is 32.1. The summed E-state index contributed by atoms with van der Waals surface area (Å²) in [4.78, 5) is 2.34. The molecule has 3 rings (SSSR count). The van der Waals surface area contributed by atoms with Crippen LogP contribution in [0.1, 0.15) is 53.9 Å². The molecule has 0 aromatic carbocycles. The molecule has 0 amide bonds. The highest BCUT2D eigenvalue weighted by molar-refractivity contribution is 7.80. The summed E-state index contributed by atoms with van der Waals surface area (Å²) in [5, 5.41) is 1.54. The third-order valence-electron chi connectivity index (χ3n) is 5.87. The van der Waals surface area contributed by atoms with Crippen LogP contribution in [-0.2, 0) is 4.74 Å². The SMILES string of the molecule is CC(C)N1C(=S)OC2CC3(C)[B]C3(C(C)C)CCC21. The Balaban J connectivity index is 1.85. The first-order valence-electron chi connectivity index (χ1n) is 7.67. The van der Waals surface area contributed by atoms with E-state index < -0.39 is 0 Å². The number of thiocarbonyl (C=S) groups is 1. The Kier molecular flexibility index (Phi) is 2.98. The largest absolute Gasteiger partial charge is 0.465 e. The molecular formula is C15H25BNOS. The average molecular weight is 278 g/mol. The van der Waals surface area contributed by atoms with E-state index in [1.165, 1.54) is 12.8 Å². The van der Waals surface area contributed by atoms with Gasteiger partial charge in [0.25, 0.3) is 5.17 Å². The fourth-order valence-electron chi connectivity index (χ4n) is 4.74. The van der Waals surface area contributed by atoms with Gasteiger partial charge in [0.05, 0.1) is 6.04 Å². The zero-order valence-electron chi connectivity index (χ0n) is 12.8. The molecule has 0 aromatic heterocycles. The van der Waals surface area contributed by atoms with E-state index in [2.05, 4.69) is 46.8 Å². The molecule has 0 spiro atoms. The first-order valence-corrected chi connectivity index (χ1v) is 8.07. The summed E-state index contributed by atoms with van der Waals surface area (Å²) in [7, 11) is 2.59. The molecule has 3 fully saturated rings. The highest BCUT2D eigenvalue weighted by Crippen LogP contribution is 2.78. The molecule has 2 saturated heterocycles. The van der Waals surface area contributed by atoms with Crippen LogP contribution in [0.5, 0.6) is 0 Å². The first-order chi connectivity index (χ1) is 8.81. The molecule has 105 valence electrons. The van der Waals surface area contributed by atoms with Crippen molar-refractivity contribution >= 4 is 24.7 Å². The van der Waals surface area contributed by atoms with E-state index in [-0.39, 0.29) is 0 Å². The van der Waals surface area contributed by atoms with Crippen LogP contribution in [0, 0.1) is 5.92 Å². The van der Waals surface area contributed by atoms with E-state index in [4.69, 9.17) is 17.0 Å². The van der Waals surface area contributed by atoms with E-state index in [0.29, 0.717) is 28.8 Å². The Hall–Kier alpha value is -0.245. The minimum Gasteiger partial charge on any atom is -0.465 e. The van der Waals surface area contributed by atoms with Gasteiger partial charge in [-0.2, -0.15) is 0 Å². The number of hydrogen-bond donors (Lipinski definition) is 0. The smallest absolute Gasteiger partial charge is 0.260 e. The van der Waals surface area contributed by atoms with E-state index in [1.54, 1.807) is 0 Å². The van der Waals surface area contributed by atoms with Crippen molar-refractivity contribution in [1.82, 2.24) is 4.90 Å². The van der Waals surface area contributed by atoms with Gasteiger partial charge in [-0.1, -0.05) is 37.8 Å². The summed E-state index contributed by atoms with van der Waals surface area (Å²) in [5.41, 5.74) is 0. The summed E-state index contributed by atoms with van der Waals surface area (Å²) >= 11 is 5.44. The molecule has 0 aromatic rings. The zero-order chi connectivity index (χ0) is 14.0. The van der Waals surface area contributed by atoms with Gasteiger partial charge < -0.3 is 9.64 Å². The number of ether oxygens (including phenoxy) is 1. The van der Waals surface area contributed by atoms with Gasteiger partial charge >= 0.3 is 0 Å². The molecule has 0 bridgehead atoms. The first kappa shape index (κ1) is 13.7. The van der Waals surface area contributed by atoms with E-state index in [9.17, 15) is 0 Å². The Morgan fingerprint density at radius 2 is 2.05 bits per heavy atom. The number of rotatable bonds is 2. The Labute approximate surface area is 123 Å². The van der Waals surface area contributed by atoms with E-state index >= 15 is 0 Å². The van der Waals surface area contributed by atoms with Crippen molar-refractivity contribution in [2.45, 2.75) is 82.7 Å². The fourth-order valence-corrected chi connectivity index (χ4v) is 5.21. The third kappa shape index (κ3) is 1.78. The van der Waals surface area contributed by atoms with Crippen LogP contribution in [0.2, 0.25) is 10.6 Å². The minimum absolute atomic E-state index is 0.305. The second kappa shape index (κ2) is 4.13. The van der Waals surface area contributed by atoms with Crippen molar-refractivity contribution in [3.63, 3.8) is 0 Å². The third-order valence-corrected chi connectivity index (χ3v) is 6.18. The molecule has 4 heteroatoms. The molecule has 1 radical (unpaired) electrons. The lowest BCUT2D eigenvalue weighted by Crippen LogP contribution is -2.41. The molecule has 1 saturated carbocycles. The molecule has 4 unspecified atom stereocenters. The second-order valence-electron chi connectivity index (χ2n) is 7.49. The summed E-state index contributed by atoms with van der Waals surface area (Å²) in [6, 6.07) is 0.949. The van der Waals surface area contributed by atoms with Crippen molar-refractivity contribution in [2.24, 2.45) is 5.92 Å². The maximum absolute atomic E-state index is 6.04. The Bertz CT molecular complexity index is 413. The maximum atomic E-state index is 6.04. The van der Waals surface area contributed by atoms with Crippen LogP contribution >= 0.6 is 12.2 Å². The zero-order valence-corrected chi connectivity index (χ0v) is 13.6. The molecule has 1 aliphatic carbocycles. The maximum Gasteiger partial charge on any atom is 0.260 e. The molecule has 2 aliphatic heterocycles. The highest BCUT2D eigenvalue weighted by Gasteiger charge is 2.68. The van der Waals surface area contributed by atoms with Crippen molar-refractivity contribution in [3.8, 4) is 0 Å². The van der Waals surface area contributed by atoms with Gasteiger partial charge in [-0.25, -0.2) is 0 Å². The van der Waals surface area contributed by atoms with Crippen LogP contribution in [0.25, 0.3) is 0 Å². The van der Waals surface area contributed by atoms with Gasteiger partial charge in [-0.05, 0) is 44.8 Å². The van der Waals surface area contributed by atoms with E-state index in [1.807, 2.05) is 0 Å². The van der Waals surface area contributed by atoms with Crippen LogP contribution in [-0.4, -0.2) is 35.5 Å². The van der Waals surface area contributed by atoms with Gasteiger partial charge in [0, 0.05) is 6.04 Å². The summed E-state index contributed by atoms with van der Waals surface area (Å²) in [5.74, 6) is 0.732. The van der Waals surface area contributed by atoms with Gasteiger partial charge in [0.15, 0.2) is 0 Å². The normalized spacial score (nSPS) is 44.6. The molecular weight excluding hydrogens is 253 g/mol. The quantitative estimate of drug-likeness (QED) is 0.565. The van der Waals surface area contributed by atoms with Gasteiger partial charge in [0.1, 0.15) is 13.4 Å². The molecule has 0 N–H and O–H groups in total. The Morgan fingerprint density at radius 1 is 1.37 bits per heavy atom. The Morgan fingerprint density at radius 3 is 2.63 bits per heavy atom. The second-order valence-corrected chi connectivity index (χ2v) is 7.84. The topological polar surface area (TPSA) is 12.5 Å². The average Bonchev–Trinajstić information content (AvgIpc) is 2.78. The van der Waals surface area contributed by atoms with Crippen LogP contribution in [0.4, 0.5) is 0 Å². The van der Waals surface area contributed by atoms with Crippen LogP contribution < -0.4 is 0 Å². The molecule has 2 nitrogen and oxygen atoms in total. The molecule has 19 heavy (non-hydrogen) atoms. The van der Waals surface area contributed by atoms with Gasteiger partial charge in [-0.15, -0.1) is 0 Å². The molecule has 4 atom stereocenters. The summed E-state index contributed by atoms with van der Waals surface area (Å²) in [6.45, 7) is 11.6. The molecule has 2 heterocycles. The predicted molar refractivity (Wildman–Crippen MR) is 83.7 cm³/mol. The molecule has 3 aliphatic rings. The van der Waals surface area contributed by atoms with Crippen LogP contribution in [0.15, 0.2) is 0 Å². The van der Waals surface area contributed by atoms with Crippen molar-refractivity contribution in [2.75, 3.05) is 0 Å². The van der Waals surface area contributed by atoms with Crippen molar-refractivity contribution in [1.29, 1.82) is 0 Å². The minimum atomic E-state index is 0.305. The van der Waals surface area contributed by atoms with Crippen LogP contribution in [0.3, 0.4) is 0 Å². The van der Waals surface area contributed by atoms with E-state index in [0.717, 1.165) is 17.5 Å². The summed E-state index contributed by atoms with van der Waals surface area (Å²) < 4.78 is 6.04.